The third-order valence-corrected chi connectivity index (χ3v) is 1.03. The summed E-state index contributed by atoms with van der Waals surface area (Å²) in [4.78, 5) is 0. The topological polar surface area (TPSA) is 0 Å². The summed E-state index contributed by atoms with van der Waals surface area (Å²) in [6.07, 6.45) is 2.12. The Morgan fingerprint density at radius 2 is 2.25 bits per heavy atom. The van der Waals surface area contributed by atoms with Crippen LogP contribution in [0.3, 0.4) is 0 Å². The first kappa shape index (κ1) is 7.56. The maximum Gasteiger partial charge on any atom is 0.0174 e. The smallest absolute Gasteiger partial charge is 0.0174 e. The van der Waals surface area contributed by atoms with E-state index in [2.05, 4.69) is 25.7 Å². The van der Waals surface area contributed by atoms with Crippen molar-refractivity contribution in [3.05, 3.63) is 6.92 Å². The molecule has 1 unspecified atom stereocenters. The molecule has 0 spiro atoms. The normalized spacial score (nSPS) is 11.9. The Morgan fingerprint density at radius 1 is 1.62 bits per heavy atom. The number of hydrogen-bond donors (Lipinski definition) is 0. The number of hydrogen-bond acceptors (Lipinski definition) is 0. The summed E-state index contributed by atoms with van der Waals surface area (Å²) < 4.78 is 0. The highest BCUT2D eigenvalue weighted by atomic mass is 13.9. The van der Waals surface area contributed by atoms with Crippen molar-refractivity contribution in [3.63, 3.8) is 0 Å². The second-order valence-electron chi connectivity index (χ2n) is 1.94. The first-order valence-corrected chi connectivity index (χ1v) is 3.02. The lowest BCUT2D eigenvalue weighted by Crippen LogP contribution is -1.86. The molecule has 0 fully saturated rings. The van der Waals surface area contributed by atoms with Crippen molar-refractivity contribution in [1.82, 2.24) is 0 Å². The molecule has 0 saturated heterocycles. The fraction of sp³-hybridized carbons (Fsp3) is 0.625. The van der Waals surface area contributed by atoms with Gasteiger partial charge < -0.3 is 0 Å². The van der Waals surface area contributed by atoms with Crippen molar-refractivity contribution in [2.45, 2.75) is 26.7 Å². The highest BCUT2D eigenvalue weighted by Gasteiger charge is 1.90. The lowest BCUT2D eigenvalue weighted by atomic mass is 10.1. The van der Waals surface area contributed by atoms with Gasteiger partial charge in [-0.15, -0.1) is 11.8 Å². The minimum atomic E-state index is 0.539. The van der Waals surface area contributed by atoms with E-state index in [-0.39, 0.29) is 0 Å². The molecular formula is C8H13. The van der Waals surface area contributed by atoms with Gasteiger partial charge in [-0.05, 0) is 13.3 Å². The van der Waals surface area contributed by atoms with Crippen molar-refractivity contribution < 1.29 is 0 Å². The van der Waals surface area contributed by atoms with Crippen molar-refractivity contribution >= 4 is 0 Å². The first-order valence-electron chi connectivity index (χ1n) is 3.02. The second kappa shape index (κ2) is 4.71. The van der Waals surface area contributed by atoms with Gasteiger partial charge in [0.25, 0.3) is 0 Å². The van der Waals surface area contributed by atoms with E-state index < -0.39 is 0 Å². The molecule has 0 amide bonds. The van der Waals surface area contributed by atoms with Crippen LogP contribution in [-0.2, 0) is 0 Å². The third kappa shape index (κ3) is 3.74. The van der Waals surface area contributed by atoms with Gasteiger partial charge in [0.05, 0.1) is 0 Å². The van der Waals surface area contributed by atoms with Crippen LogP contribution in [0, 0.1) is 24.7 Å². The number of rotatable bonds is 2. The highest BCUT2D eigenvalue weighted by Crippen LogP contribution is 2.01. The molecule has 0 aliphatic rings. The lowest BCUT2D eigenvalue weighted by molar-refractivity contribution is 0.678. The standard InChI is InChI=1S/C8H13/c1-4-6-8(3)7-5-2/h8H,1,4,6H2,2-3H3. The molecule has 0 aromatic carbocycles. The molecule has 0 heterocycles. The Kier molecular flexibility index (Phi) is 4.45. The van der Waals surface area contributed by atoms with E-state index in [1.165, 1.54) is 0 Å². The Labute approximate surface area is 52.3 Å². The van der Waals surface area contributed by atoms with E-state index in [1.54, 1.807) is 0 Å². The van der Waals surface area contributed by atoms with Gasteiger partial charge in [-0.3, -0.25) is 0 Å². The van der Waals surface area contributed by atoms with Gasteiger partial charge in [-0.1, -0.05) is 20.3 Å². The predicted octanol–water partition coefficient (Wildman–Crippen LogP) is 2.26. The van der Waals surface area contributed by atoms with Gasteiger partial charge >= 0.3 is 0 Å². The van der Waals surface area contributed by atoms with Crippen LogP contribution < -0.4 is 0 Å². The van der Waals surface area contributed by atoms with Crippen LogP contribution >= 0.6 is 0 Å². The largest absolute Gasteiger partial charge is 0.106 e. The molecule has 1 radical (unpaired) electrons. The van der Waals surface area contributed by atoms with Crippen molar-refractivity contribution in [2.75, 3.05) is 0 Å². The third-order valence-electron chi connectivity index (χ3n) is 1.03. The summed E-state index contributed by atoms with van der Waals surface area (Å²) in [5.74, 6) is 6.47. The molecule has 45 valence electrons. The van der Waals surface area contributed by atoms with Crippen molar-refractivity contribution in [2.24, 2.45) is 5.92 Å². The predicted molar refractivity (Wildman–Crippen MR) is 37.2 cm³/mol. The summed E-state index contributed by atoms with van der Waals surface area (Å²) in [5, 5.41) is 0. The maximum absolute atomic E-state index is 3.74. The molecule has 0 aromatic heterocycles. The molecule has 0 rings (SSSR count). The average molecular weight is 109 g/mol. The zero-order valence-electron chi connectivity index (χ0n) is 5.70. The van der Waals surface area contributed by atoms with Gasteiger partial charge in [0.2, 0.25) is 0 Å². The summed E-state index contributed by atoms with van der Waals surface area (Å²) in [6, 6.07) is 0. The monoisotopic (exact) mass is 109 g/mol. The van der Waals surface area contributed by atoms with E-state index >= 15 is 0 Å². The van der Waals surface area contributed by atoms with Crippen LogP contribution in [0.25, 0.3) is 0 Å². The Hall–Kier alpha value is -0.440. The molecule has 0 heteroatoms. The molecule has 0 nitrogen and oxygen atoms in total. The maximum atomic E-state index is 3.74. The Morgan fingerprint density at radius 3 is 2.62 bits per heavy atom. The zero-order chi connectivity index (χ0) is 6.41. The van der Waals surface area contributed by atoms with E-state index in [4.69, 9.17) is 0 Å². The molecule has 0 aromatic rings. The quantitative estimate of drug-likeness (QED) is 0.477. The molecule has 8 heavy (non-hydrogen) atoms. The molecule has 0 aliphatic carbocycles. The summed E-state index contributed by atoms with van der Waals surface area (Å²) in [7, 11) is 0. The van der Waals surface area contributed by atoms with Gasteiger partial charge in [0.15, 0.2) is 0 Å². The summed E-state index contributed by atoms with van der Waals surface area (Å²) in [6.45, 7) is 7.74. The van der Waals surface area contributed by atoms with Crippen LogP contribution in [-0.4, -0.2) is 0 Å². The SMILES string of the molecule is [CH2]CCC(C)C#CC. The van der Waals surface area contributed by atoms with Gasteiger partial charge in [-0.25, -0.2) is 0 Å². The summed E-state index contributed by atoms with van der Waals surface area (Å²) in [5.41, 5.74) is 0. The van der Waals surface area contributed by atoms with Crippen LogP contribution in [0.1, 0.15) is 26.7 Å². The highest BCUT2D eigenvalue weighted by molar-refractivity contribution is 4.98. The van der Waals surface area contributed by atoms with Gasteiger partial charge in [0, 0.05) is 5.92 Å². The van der Waals surface area contributed by atoms with Crippen LogP contribution in [0.4, 0.5) is 0 Å². The Balaban J connectivity index is 3.27. The van der Waals surface area contributed by atoms with Crippen LogP contribution in [0.15, 0.2) is 0 Å². The van der Waals surface area contributed by atoms with Crippen molar-refractivity contribution in [1.29, 1.82) is 0 Å². The van der Waals surface area contributed by atoms with E-state index in [0.29, 0.717) is 5.92 Å². The fourth-order valence-corrected chi connectivity index (χ4v) is 0.625. The van der Waals surface area contributed by atoms with Crippen molar-refractivity contribution in [3.8, 4) is 11.8 Å². The van der Waals surface area contributed by atoms with Gasteiger partial charge in [-0.2, -0.15) is 0 Å². The molecule has 1 atom stereocenters. The lowest BCUT2D eigenvalue weighted by Gasteiger charge is -1.96. The Bertz CT molecular complexity index is 92.3. The average Bonchev–Trinajstić information content (AvgIpc) is 1.68. The molecule has 0 N–H and O–H groups in total. The van der Waals surface area contributed by atoms with E-state index in [1.807, 2.05) is 6.92 Å². The second-order valence-corrected chi connectivity index (χ2v) is 1.94. The van der Waals surface area contributed by atoms with E-state index in [0.717, 1.165) is 12.8 Å². The summed E-state index contributed by atoms with van der Waals surface area (Å²) >= 11 is 0. The fourth-order valence-electron chi connectivity index (χ4n) is 0.625. The molecule has 0 aliphatic heterocycles. The van der Waals surface area contributed by atoms with Gasteiger partial charge in [0.1, 0.15) is 0 Å². The minimum Gasteiger partial charge on any atom is -0.106 e. The van der Waals surface area contributed by atoms with Crippen LogP contribution in [0.2, 0.25) is 0 Å². The molecule has 0 saturated carbocycles. The van der Waals surface area contributed by atoms with E-state index in [9.17, 15) is 0 Å². The molecular weight excluding hydrogens is 96.1 g/mol. The van der Waals surface area contributed by atoms with Crippen LogP contribution in [0.5, 0.6) is 0 Å². The zero-order valence-corrected chi connectivity index (χ0v) is 5.70. The first-order chi connectivity index (χ1) is 3.81. The molecule has 0 bridgehead atoms. The minimum absolute atomic E-state index is 0.539.